The second-order valence-corrected chi connectivity index (χ2v) is 6.49. The number of nitrogens with zero attached hydrogens (tertiary/aromatic N) is 1. The molecule has 0 aliphatic carbocycles. The Morgan fingerprint density at radius 2 is 2.44 bits per heavy atom. The first-order valence-corrected chi connectivity index (χ1v) is 7.88. The zero-order valence-electron chi connectivity index (χ0n) is 10.3. The topological polar surface area (TPSA) is 65.0 Å². The lowest BCUT2D eigenvalue weighted by molar-refractivity contribution is 0.0957. The molecule has 0 aliphatic rings. The van der Waals surface area contributed by atoms with E-state index in [4.69, 9.17) is 6.42 Å². The van der Waals surface area contributed by atoms with Gasteiger partial charge in [-0.3, -0.25) is 4.79 Å². The summed E-state index contributed by atoms with van der Waals surface area (Å²) in [5, 5.41) is 2.79. The molecule has 0 bridgehead atoms. The summed E-state index contributed by atoms with van der Waals surface area (Å²) in [6, 6.07) is 0. The van der Waals surface area contributed by atoms with Crippen molar-refractivity contribution in [3.8, 4) is 12.3 Å². The Morgan fingerprint density at radius 3 is 3.11 bits per heavy atom. The molecular weight excluding hydrogens is 268 g/mol. The van der Waals surface area contributed by atoms with Crippen LogP contribution in [0.25, 0.3) is 0 Å². The van der Waals surface area contributed by atoms with Gasteiger partial charge in [-0.2, -0.15) is 4.98 Å². The summed E-state index contributed by atoms with van der Waals surface area (Å²) in [6.07, 6.45) is 9.11. The van der Waals surface area contributed by atoms with Crippen LogP contribution in [-0.4, -0.2) is 27.7 Å². The molecule has 1 N–H and O–H groups in total. The van der Waals surface area contributed by atoms with Crippen LogP contribution in [0.5, 0.6) is 0 Å². The lowest BCUT2D eigenvalue weighted by atomic mass is 10.2. The molecular formula is C12H16N2O2S2. The predicted octanol–water partition coefficient (Wildman–Crippen LogP) is 1.80. The van der Waals surface area contributed by atoms with E-state index in [-0.39, 0.29) is 5.91 Å². The molecule has 0 fully saturated rings. The summed E-state index contributed by atoms with van der Waals surface area (Å²) < 4.78 is 12.0. The summed E-state index contributed by atoms with van der Waals surface area (Å²) >= 11 is 0.0955. The van der Waals surface area contributed by atoms with Crippen LogP contribution in [0.2, 0.25) is 0 Å². The lowest BCUT2D eigenvalue weighted by Gasteiger charge is -2.02. The number of terminal acetylenes is 1. The van der Waals surface area contributed by atoms with Crippen molar-refractivity contribution in [1.82, 2.24) is 10.3 Å². The molecule has 1 atom stereocenters. The molecule has 0 spiro atoms. The summed E-state index contributed by atoms with van der Waals surface area (Å²) in [4.78, 5) is 16.2. The van der Waals surface area contributed by atoms with E-state index < -0.39 is 11.2 Å². The monoisotopic (exact) mass is 284 g/mol. The molecule has 1 unspecified atom stereocenters. The standard InChI is InChI=1S/C12H16N2O2S2/c1-3-5-6-7-8-13-11(15)10-9-14-12(17-10)18(16)4-2/h1,9H,4-8H2,2H3,(H,13,15). The Kier molecular flexibility index (Phi) is 6.80. The van der Waals surface area contributed by atoms with Crippen molar-refractivity contribution in [3.05, 3.63) is 11.1 Å². The Labute approximate surface area is 114 Å². The molecule has 1 aromatic rings. The Hall–Kier alpha value is -1.03. The number of aromatic nitrogens is 1. The minimum absolute atomic E-state index is 0.160. The van der Waals surface area contributed by atoms with Gasteiger partial charge < -0.3 is 9.87 Å². The molecule has 6 heteroatoms. The second kappa shape index (κ2) is 8.14. The van der Waals surface area contributed by atoms with E-state index in [2.05, 4.69) is 16.2 Å². The van der Waals surface area contributed by atoms with Gasteiger partial charge in [-0.05, 0) is 19.8 Å². The first-order chi connectivity index (χ1) is 8.69. The highest BCUT2D eigenvalue weighted by Gasteiger charge is 2.17. The Bertz CT molecular complexity index is 426. The molecule has 1 heterocycles. The Morgan fingerprint density at radius 1 is 1.67 bits per heavy atom. The highest BCUT2D eigenvalue weighted by Crippen LogP contribution is 2.19. The molecule has 18 heavy (non-hydrogen) atoms. The van der Waals surface area contributed by atoms with Crippen LogP contribution in [0.1, 0.15) is 35.9 Å². The zero-order valence-corrected chi connectivity index (χ0v) is 11.9. The van der Waals surface area contributed by atoms with Crippen molar-refractivity contribution >= 4 is 28.4 Å². The fraction of sp³-hybridized carbons (Fsp3) is 0.500. The van der Waals surface area contributed by atoms with Gasteiger partial charge in [0.25, 0.3) is 5.91 Å². The van der Waals surface area contributed by atoms with E-state index >= 15 is 0 Å². The fourth-order valence-electron chi connectivity index (χ4n) is 1.23. The number of amides is 1. The van der Waals surface area contributed by atoms with Crippen LogP contribution < -0.4 is 5.32 Å². The summed E-state index contributed by atoms with van der Waals surface area (Å²) in [7, 11) is 0. The first kappa shape index (κ1) is 15.0. The van der Waals surface area contributed by atoms with E-state index in [0.717, 1.165) is 19.3 Å². The van der Waals surface area contributed by atoms with Gasteiger partial charge in [0.1, 0.15) is 10.6 Å². The highest BCUT2D eigenvalue weighted by atomic mass is 32.2. The number of thiazole rings is 1. The minimum atomic E-state index is -1.09. The normalized spacial score (nSPS) is 11.8. The summed E-state index contributed by atoms with van der Waals surface area (Å²) in [6.45, 7) is 2.42. The number of hydrogen-bond donors (Lipinski definition) is 1. The third-order valence-electron chi connectivity index (χ3n) is 2.20. The first-order valence-electron chi connectivity index (χ1n) is 5.75. The van der Waals surface area contributed by atoms with Crippen LogP contribution in [-0.2, 0) is 11.2 Å². The van der Waals surface area contributed by atoms with Crippen LogP contribution >= 0.6 is 11.3 Å². The van der Waals surface area contributed by atoms with Crippen molar-refractivity contribution < 1.29 is 9.35 Å². The van der Waals surface area contributed by atoms with E-state index in [1.165, 1.54) is 17.5 Å². The maximum atomic E-state index is 11.7. The Balaban J connectivity index is 2.38. The van der Waals surface area contributed by atoms with E-state index in [1.807, 2.05) is 6.92 Å². The SMILES string of the molecule is C#CCCCCNC(=O)c1cnc([S+]([O-])CC)s1. The van der Waals surface area contributed by atoms with Crippen molar-refractivity contribution in [2.24, 2.45) is 0 Å². The van der Waals surface area contributed by atoms with Gasteiger partial charge >= 0.3 is 4.34 Å². The number of carbonyl (C=O) groups is 1. The molecule has 0 saturated carbocycles. The average Bonchev–Trinajstić information content (AvgIpc) is 2.87. The molecule has 1 rings (SSSR count). The smallest absolute Gasteiger partial charge is 0.302 e. The maximum Gasteiger partial charge on any atom is 0.302 e. The average molecular weight is 284 g/mol. The van der Waals surface area contributed by atoms with E-state index in [9.17, 15) is 9.35 Å². The maximum absolute atomic E-state index is 11.7. The number of nitrogens with one attached hydrogen (secondary N) is 1. The molecule has 1 aromatic heterocycles. The molecule has 0 aromatic carbocycles. The van der Waals surface area contributed by atoms with Crippen molar-refractivity contribution in [3.63, 3.8) is 0 Å². The van der Waals surface area contributed by atoms with Crippen LogP contribution in [0.3, 0.4) is 0 Å². The molecule has 0 radical (unpaired) electrons. The van der Waals surface area contributed by atoms with Crippen LogP contribution in [0.4, 0.5) is 0 Å². The second-order valence-electron chi connectivity index (χ2n) is 3.54. The zero-order chi connectivity index (χ0) is 13.4. The van der Waals surface area contributed by atoms with Gasteiger partial charge in [-0.25, -0.2) is 0 Å². The van der Waals surface area contributed by atoms with Gasteiger partial charge in [0, 0.05) is 24.1 Å². The molecule has 0 aliphatic heterocycles. The van der Waals surface area contributed by atoms with Gasteiger partial charge in [0.05, 0.1) is 6.20 Å². The number of rotatable bonds is 7. The molecule has 98 valence electrons. The number of hydrogen-bond acceptors (Lipinski definition) is 4. The van der Waals surface area contributed by atoms with Gasteiger partial charge in [0.15, 0.2) is 0 Å². The fourth-order valence-corrected chi connectivity index (χ4v) is 3.21. The van der Waals surface area contributed by atoms with Crippen LogP contribution in [0, 0.1) is 12.3 Å². The van der Waals surface area contributed by atoms with Crippen molar-refractivity contribution in [2.45, 2.75) is 30.5 Å². The van der Waals surface area contributed by atoms with Gasteiger partial charge in [0.2, 0.25) is 0 Å². The predicted molar refractivity (Wildman–Crippen MR) is 74.1 cm³/mol. The third kappa shape index (κ3) is 4.69. The molecule has 0 saturated heterocycles. The van der Waals surface area contributed by atoms with E-state index in [1.54, 1.807) is 0 Å². The number of carbonyl (C=O) groups excluding carboxylic acids is 1. The third-order valence-corrected chi connectivity index (χ3v) is 4.82. The molecule has 1 amide bonds. The lowest BCUT2D eigenvalue weighted by Crippen LogP contribution is -2.23. The number of unbranched alkanes of at least 4 members (excludes halogenated alkanes) is 2. The van der Waals surface area contributed by atoms with Crippen molar-refractivity contribution in [2.75, 3.05) is 12.3 Å². The summed E-state index contributed by atoms with van der Waals surface area (Å²) in [5.41, 5.74) is 0. The minimum Gasteiger partial charge on any atom is -0.610 e. The quantitative estimate of drug-likeness (QED) is 0.472. The van der Waals surface area contributed by atoms with E-state index in [0.29, 0.717) is 21.5 Å². The molecule has 4 nitrogen and oxygen atoms in total. The highest BCUT2D eigenvalue weighted by molar-refractivity contribution is 7.93. The van der Waals surface area contributed by atoms with Gasteiger partial charge in [-0.15, -0.1) is 12.3 Å². The summed E-state index contributed by atoms with van der Waals surface area (Å²) in [5.74, 6) is 2.91. The van der Waals surface area contributed by atoms with Crippen molar-refractivity contribution in [1.29, 1.82) is 0 Å². The van der Waals surface area contributed by atoms with Gasteiger partial charge in [-0.1, -0.05) is 11.3 Å². The van der Waals surface area contributed by atoms with Crippen LogP contribution in [0.15, 0.2) is 10.5 Å². The largest absolute Gasteiger partial charge is 0.610 e.